The normalized spacial score (nSPS) is 19.9. The molecule has 2 aromatic rings. The van der Waals surface area contributed by atoms with Gasteiger partial charge in [-0.1, -0.05) is 0 Å². The van der Waals surface area contributed by atoms with Crippen molar-refractivity contribution in [3.8, 4) is 17.6 Å². The average Bonchev–Trinajstić information content (AvgIpc) is 3.22. The largest absolute Gasteiger partial charge is 0.456 e. The van der Waals surface area contributed by atoms with Gasteiger partial charge in [-0.3, -0.25) is 4.79 Å². The molecule has 1 heterocycles. The van der Waals surface area contributed by atoms with Gasteiger partial charge in [0.25, 0.3) is 0 Å². The molecule has 0 radical (unpaired) electrons. The summed E-state index contributed by atoms with van der Waals surface area (Å²) in [5.41, 5.74) is -0.660. The number of sulfone groups is 1. The van der Waals surface area contributed by atoms with E-state index in [-0.39, 0.29) is 46.3 Å². The molecule has 150 valence electrons. The molecule has 1 fully saturated rings. The number of benzene rings is 2. The maximum absolute atomic E-state index is 15.0. The zero-order valence-electron chi connectivity index (χ0n) is 14.9. The zero-order valence-corrected chi connectivity index (χ0v) is 15.8. The van der Waals surface area contributed by atoms with E-state index in [1.54, 1.807) is 6.07 Å². The Kier molecular flexibility index (Phi) is 4.42. The molecular weight excluding hydrogens is 408 g/mol. The van der Waals surface area contributed by atoms with Crippen molar-refractivity contribution in [1.82, 2.24) is 0 Å². The molecule has 1 saturated heterocycles. The van der Waals surface area contributed by atoms with E-state index in [9.17, 15) is 22.0 Å². The monoisotopic (exact) mass is 421 g/mol. The summed E-state index contributed by atoms with van der Waals surface area (Å²) in [6.45, 7) is -0.0618. The standard InChI is InChI=1S/C19H13F2NO6S/c1-29(24,25)14-3-2-13(28-12-7-10(9-22)6-11(20)8-12)15-16(14)19(18(21)17(15)23)26-4-5-27-19/h2-3,6-8,18H,4-5H2,1H3. The number of carbonyl (C=O) groups excluding carboxylic acids is 1. The number of fused-ring (bicyclic) bond motifs is 2. The van der Waals surface area contributed by atoms with Crippen LogP contribution in [0.25, 0.3) is 0 Å². The fourth-order valence-corrected chi connectivity index (χ4v) is 4.44. The maximum atomic E-state index is 15.0. The Bertz CT molecular complexity index is 1180. The number of ketones is 1. The van der Waals surface area contributed by atoms with Crippen molar-refractivity contribution < 1.29 is 36.2 Å². The van der Waals surface area contributed by atoms with Crippen LogP contribution in [-0.4, -0.2) is 39.8 Å². The van der Waals surface area contributed by atoms with Crippen LogP contribution in [0.1, 0.15) is 21.5 Å². The highest BCUT2D eigenvalue weighted by molar-refractivity contribution is 7.90. The lowest BCUT2D eigenvalue weighted by molar-refractivity contribution is -0.193. The van der Waals surface area contributed by atoms with Gasteiger partial charge < -0.3 is 14.2 Å². The fraction of sp³-hybridized carbons (Fsp3) is 0.263. The first-order chi connectivity index (χ1) is 13.7. The fourth-order valence-electron chi connectivity index (χ4n) is 3.51. The van der Waals surface area contributed by atoms with Crippen molar-refractivity contribution in [2.24, 2.45) is 0 Å². The number of Topliss-reactive ketones (excluding diaryl/α,β-unsaturated/α-hetero) is 1. The van der Waals surface area contributed by atoms with Crippen LogP contribution in [0.4, 0.5) is 8.78 Å². The van der Waals surface area contributed by atoms with Gasteiger partial charge in [0, 0.05) is 17.9 Å². The summed E-state index contributed by atoms with van der Waals surface area (Å²) < 4.78 is 69.5. The Balaban J connectivity index is 1.94. The van der Waals surface area contributed by atoms with Gasteiger partial charge in [-0.15, -0.1) is 0 Å². The van der Waals surface area contributed by atoms with Crippen LogP contribution in [0.15, 0.2) is 35.2 Å². The number of halogens is 2. The molecule has 7 nitrogen and oxygen atoms in total. The first kappa shape index (κ1) is 19.4. The quantitative estimate of drug-likeness (QED) is 0.751. The third-order valence-corrected chi connectivity index (χ3v) is 5.77. The summed E-state index contributed by atoms with van der Waals surface area (Å²) in [7, 11) is -3.88. The van der Waals surface area contributed by atoms with Gasteiger partial charge >= 0.3 is 0 Å². The second kappa shape index (κ2) is 6.59. The highest BCUT2D eigenvalue weighted by atomic mass is 32.2. The summed E-state index contributed by atoms with van der Waals surface area (Å²) in [6.07, 6.45) is -1.39. The van der Waals surface area contributed by atoms with Gasteiger partial charge in [0.15, 0.2) is 9.84 Å². The van der Waals surface area contributed by atoms with Crippen LogP contribution < -0.4 is 4.74 Å². The summed E-state index contributed by atoms with van der Waals surface area (Å²) in [5.74, 6) is -4.32. The molecule has 0 N–H and O–H groups in total. The Morgan fingerprint density at radius 3 is 2.55 bits per heavy atom. The van der Waals surface area contributed by atoms with Crippen molar-refractivity contribution in [2.45, 2.75) is 16.9 Å². The number of hydrogen-bond acceptors (Lipinski definition) is 7. The molecule has 1 aliphatic carbocycles. The number of alkyl halides is 1. The number of nitrogens with zero attached hydrogens (tertiary/aromatic N) is 1. The number of nitriles is 1. The highest BCUT2D eigenvalue weighted by Gasteiger charge is 2.60. The molecule has 1 unspecified atom stereocenters. The van der Waals surface area contributed by atoms with Crippen molar-refractivity contribution in [1.29, 1.82) is 5.26 Å². The average molecular weight is 421 g/mol. The van der Waals surface area contributed by atoms with Gasteiger partial charge in [0.05, 0.1) is 35.3 Å². The summed E-state index contributed by atoms with van der Waals surface area (Å²) in [6, 6.07) is 7.27. The van der Waals surface area contributed by atoms with Gasteiger partial charge in [-0.25, -0.2) is 17.2 Å². The highest BCUT2D eigenvalue weighted by Crippen LogP contribution is 2.51. The van der Waals surface area contributed by atoms with E-state index in [2.05, 4.69) is 0 Å². The Labute approximate surface area is 164 Å². The minimum atomic E-state index is -3.88. The van der Waals surface area contributed by atoms with E-state index in [0.29, 0.717) is 0 Å². The Hall–Kier alpha value is -2.87. The van der Waals surface area contributed by atoms with Gasteiger partial charge in [-0.05, 0) is 24.3 Å². The Morgan fingerprint density at radius 1 is 1.24 bits per heavy atom. The predicted octanol–water partition coefficient (Wildman–Crippen LogP) is 2.63. The summed E-state index contributed by atoms with van der Waals surface area (Å²) >= 11 is 0. The molecule has 1 aliphatic heterocycles. The summed E-state index contributed by atoms with van der Waals surface area (Å²) in [5, 5.41) is 8.97. The maximum Gasteiger partial charge on any atom is 0.237 e. The van der Waals surface area contributed by atoms with E-state index < -0.39 is 33.4 Å². The number of hydrogen-bond donors (Lipinski definition) is 0. The smallest absolute Gasteiger partial charge is 0.237 e. The molecule has 10 heteroatoms. The van der Waals surface area contributed by atoms with Gasteiger partial charge in [0.1, 0.15) is 17.3 Å². The van der Waals surface area contributed by atoms with E-state index in [1.165, 1.54) is 12.1 Å². The van der Waals surface area contributed by atoms with E-state index >= 15 is 0 Å². The van der Waals surface area contributed by atoms with E-state index in [1.807, 2.05) is 0 Å². The molecule has 0 bridgehead atoms. The van der Waals surface area contributed by atoms with Crippen LogP contribution >= 0.6 is 0 Å². The number of rotatable bonds is 3. The van der Waals surface area contributed by atoms with Crippen LogP contribution in [0, 0.1) is 17.1 Å². The van der Waals surface area contributed by atoms with E-state index in [4.69, 9.17) is 19.5 Å². The number of carbonyl (C=O) groups is 1. The first-order valence-corrected chi connectivity index (χ1v) is 10.3. The lowest BCUT2D eigenvalue weighted by atomic mass is 10.1. The lowest BCUT2D eigenvalue weighted by Crippen LogP contribution is -2.37. The minimum Gasteiger partial charge on any atom is -0.456 e. The number of ether oxygens (including phenoxy) is 3. The molecule has 0 saturated carbocycles. The van der Waals surface area contributed by atoms with Crippen molar-refractivity contribution in [3.63, 3.8) is 0 Å². The SMILES string of the molecule is CS(=O)(=O)c1ccc(Oc2cc(F)cc(C#N)c2)c2c1C1(OCCO1)C(F)C2=O. The van der Waals surface area contributed by atoms with Gasteiger partial charge in [0.2, 0.25) is 17.7 Å². The van der Waals surface area contributed by atoms with Crippen LogP contribution in [0.5, 0.6) is 11.5 Å². The molecule has 1 atom stereocenters. The molecule has 2 aliphatic rings. The van der Waals surface area contributed by atoms with Crippen LogP contribution in [0.2, 0.25) is 0 Å². The zero-order chi connectivity index (χ0) is 21.0. The van der Waals surface area contributed by atoms with Crippen LogP contribution in [0.3, 0.4) is 0 Å². The molecule has 4 rings (SSSR count). The van der Waals surface area contributed by atoms with Crippen molar-refractivity contribution in [3.05, 3.63) is 52.8 Å². The van der Waals surface area contributed by atoms with Crippen molar-refractivity contribution in [2.75, 3.05) is 19.5 Å². The van der Waals surface area contributed by atoms with E-state index in [0.717, 1.165) is 24.5 Å². The second-order valence-electron chi connectivity index (χ2n) is 6.56. The summed E-state index contributed by atoms with van der Waals surface area (Å²) in [4.78, 5) is 12.4. The predicted molar refractivity (Wildman–Crippen MR) is 93.5 cm³/mol. The lowest BCUT2D eigenvalue weighted by Gasteiger charge is -2.26. The molecule has 29 heavy (non-hydrogen) atoms. The van der Waals surface area contributed by atoms with Gasteiger partial charge in [-0.2, -0.15) is 5.26 Å². The third-order valence-electron chi connectivity index (χ3n) is 4.63. The molecule has 1 spiro atoms. The third kappa shape index (κ3) is 2.98. The molecular formula is C19H13F2NO6S. The van der Waals surface area contributed by atoms with Crippen LogP contribution in [-0.2, 0) is 25.1 Å². The molecule has 0 amide bonds. The molecule has 2 aromatic carbocycles. The minimum absolute atomic E-state index is 0.0296. The topological polar surface area (TPSA) is 103 Å². The Morgan fingerprint density at radius 2 is 1.93 bits per heavy atom. The second-order valence-corrected chi connectivity index (χ2v) is 8.55. The molecule has 0 aromatic heterocycles. The first-order valence-electron chi connectivity index (χ1n) is 8.39. The van der Waals surface area contributed by atoms with Crippen molar-refractivity contribution >= 4 is 15.6 Å².